The number of halogens is 3. The number of aromatic nitrogens is 1. The maximum Gasteiger partial charge on any atom is 0.417 e. The van der Waals surface area contributed by atoms with Gasteiger partial charge in [-0.2, -0.15) is 13.2 Å². The number of ether oxygens (including phenoxy) is 1. The molecule has 176 valence electrons. The molecule has 2 aromatic rings. The Labute approximate surface area is 187 Å². The van der Waals surface area contributed by atoms with Crippen LogP contribution in [0.4, 0.5) is 18.9 Å². The largest absolute Gasteiger partial charge is 0.493 e. The summed E-state index contributed by atoms with van der Waals surface area (Å²) >= 11 is 0. The van der Waals surface area contributed by atoms with Crippen LogP contribution in [0, 0.1) is 0 Å². The molecule has 1 aromatic heterocycles. The van der Waals surface area contributed by atoms with Crippen LogP contribution in [-0.2, 0) is 21.7 Å². The Hall–Kier alpha value is -3.35. The number of anilines is 1. The molecule has 0 saturated heterocycles. The normalized spacial score (nSPS) is 24.0. The number of pyridine rings is 1. The molecular formula is C20H20F3N5O4S. The van der Waals surface area contributed by atoms with Crippen molar-refractivity contribution >= 4 is 27.6 Å². The Morgan fingerprint density at radius 3 is 2.67 bits per heavy atom. The van der Waals surface area contributed by atoms with E-state index in [0.717, 1.165) is 16.4 Å². The second-order valence-electron chi connectivity index (χ2n) is 7.85. The molecule has 4 rings (SSSR count). The van der Waals surface area contributed by atoms with Gasteiger partial charge in [-0.1, -0.05) is 0 Å². The summed E-state index contributed by atoms with van der Waals surface area (Å²) in [5, 5.41) is 1.61. The number of carbonyl (C=O) groups is 1. The van der Waals surface area contributed by atoms with E-state index < -0.39 is 38.5 Å². The molecule has 1 unspecified atom stereocenters. The van der Waals surface area contributed by atoms with E-state index in [1.807, 2.05) is 0 Å². The standard InChI is InChI=1S/C20H20F3N5O4S/c1-19-13-9-12(26-17(29)14-5-3-11(10-25-14)20(21,22)23)4-6-15(13)32-8-7-16(19)33(30,31)28(2)18(24)27-19/h3-6,9-10,16H,7-8H2,1-2H3,(H2,24,27)(H,26,29)/t16?,19-/m1/s1. The third kappa shape index (κ3) is 3.86. The van der Waals surface area contributed by atoms with E-state index >= 15 is 0 Å². The van der Waals surface area contributed by atoms with Gasteiger partial charge in [0.05, 0.1) is 12.2 Å². The summed E-state index contributed by atoms with van der Waals surface area (Å²) in [6.45, 7) is 1.77. The number of alkyl halides is 3. The fourth-order valence-corrected chi connectivity index (χ4v) is 5.79. The molecule has 2 atom stereocenters. The van der Waals surface area contributed by atoms with Crippen molar-refractivity contribution in [3.05, 3.63) is 53.3 Å². The highest BCUT2D eigenvalue weighted by Gasteiger charge is 2.52. The van der Waals surface area contributed by atoms with Crippen LogP contribution in [0.1, 0.15) is 35.0 Å². The number of guanidine groups is 1. The molecule has 3 heterocycles. The number of hydrogen-bond donors (Lipinski definition) is 2. The number of hydrogen-bond acceptors (Lipinski definition) is 7. The Bertz CT molecular complexity index is 1250. The number of amides is 1. The van der Waals surface area contributed by atoms with Crippen molar-refractivity contribution in [1.82, 2.24) is 9.29 Å². The van der Waals surface area contributed by atoms with Crippen LogP contribution in [0.2, 0.25) is 0 Å². The van der Waals surface area contributed by atoms with Gasteiger partial charge in [-0.15, -0.1) is 0 Å². The number of nitrogens with two attached hydrogens (primary N) is 1. The predicted molar refractivity (Wildman–Crippen MR) is 113 cm³/mol. The molecule has 33 heavy (non-hydrogen) atoms. The Morgan fingerprint density at radius 1 is 1.30 bits per heavy atom. The van der Waals surface area contributed by atoms with Crippen LogP contribution < -0.4 is 15.8 Å². The number of nitrogens with zero attached hydrogens (tertiary/aromatic N) is 3. The van der Waals surface area contributed by atoms with Crippen molar-refractivity contribution in [1.29, 1.82) is 0 Å². The highest BCUT2D eigenvalue weighted by atomic mass is 32.2. The number of sulfonamides is 1. The number of benzene rings is 1. The van der Waals surface area contributed by atoms with E-state index in [1.165, 1.54) is 19.2 Å². The average molecular weight is 483 g/mol. The fraction of sp³-hybridized carbons (Fsp3) is 0.350. The molecule has 13 heteroatoms. The smallest absolute Gasteiger partial charge is 0.417 e. The zero-order valence-corrected chi connectivity index (χ0v) is 18.4. The topological polar surface area (TPSA) is 127 Å². The summed E-state index contributed by atoms with van der Waals surface area (Å²) in [6, 6.07) is 6.35. The maximum atomic E-state index is 13.0. The van der Waals surface area contributed by atoms with Crippen LogP contribution in [0.5, 0.6) is 5.75 Å². The minimum Gasteiger partial charge on any atom is -0.493 e. The van der Waals surface area contributed by atoms with Crippen molar-refractivity contribution in [3.8, 4) is 5.75 Å². The van der Waals surface area contributed by atoms with Gasteiger partial charge in [-0.25, -0.2) is 17.7 Å². The average Bonchev–Trinajstić information content (AvgIpc) is 2.89. The van der Waals surface area contributed by atoms with Gasteiger partial charge in [0.25, 0.3) is 5.91 Å². The van der Waals surface area contributed by atoms with Crippen molar-refractivity contribution in [2.75, 3.05) is 19.0 Å². The minimum absolute atomic E-state index is 0.136. The molecule has 0 aliphatic carbocycles. The van der Waals surface area contributed by atoms with Gasteiger partial charge in [0.1, 0.15) is 22.2 Å². The van der Waals surface area contributed by atoms with E-state index in [9.17, 15) is 26.4 Å². The molecule has 0 radical (unpaired) electrons. The van der Waals surface area contributed by atoms with Crippen molar-refractivity contribution in [2.45, 2.75) is 30.3 Å². The number of fused-ring (bicyclic) bond motifs is 3. The zero-order valence-electron chi connectivity index (χ0n) is 17.5. The zero-order chi connectivity index (χ0) is 24.2. The molecule has 2 aliphatic rings. The molecule has 2 aliphatic heterocycles. The number of nitrogens with one attached hydrogen (secondary N) is 1. The van der Waals surface area contributed by atoms with Crippen molar-refractivity contribution < 1.29 is 31.1 Å². The number of rotatable bonds is 2. The molecule has 0 fully saturated rings. The SMILES string of the molecule is CN1C(N)=N[C@]2(C)c3cc(NC(=O)c4ccc(C(F)(F)F)cn4)ccc3OCCC2S1(=O)=O. The molecule has 3 N–H and O–H groups in total. The van der Waals surface area contributed by atoms with Gasteiger partial charge in [0.2, 0.25) is 16.0 Å². The lowest BCUT2D eigenvalue weighted by molar-refractivity contribution is -0.137. The van der Waals surface area contributed by atoms with Gasteiger partial charge in [-0.3, -0.25) is 9.78 Å². The summed E-state index contributed by atoms with van der Waals surface area (Å²) < 4.78 is 70.9. The van der Waals surface area contributed by atoms with E-state index in [0.29, 0.717) is 17.5 Å². The summed E-state index contributed by atoms with van der Waals surface area (Å²) in [5.74, 6) is -0.522. The lowest BCUT2D eigenvalue weighted by atomic mass is 9.87. The molecule has 1 aromatic carbocycles. The lowest BCUT2D eigenvalue weighted by Crippen LogP contribution is -2.56. The van der Waals surface area contributed by atoms with Crippen LogP contribution in [0.25, 0.3) is 0 Å². The summed E-state index contributed by atoms with van der Waals surface area (Å²) in [7, 11) is -2.50. The first-order chi connectivity index (χ1) is 15.3. The molecule has 0 bridgehead atoms. The maximum absolute atomic E-state index is 13.0. The van der Waals surface area contributed by atoms with E-state index in [1.54, 1.807) is 13.0 Å². The Balaban J connectivity index is 1.69. The van der Waals surface area contributed by atoms with E-state index in [2.05, 4.69) is 15.3 Å². The van der Waals surface area contributed by atoms with Crippen LogP contribution in [0.15, 0.2) is 41.5 Å². The summed E-state index contributed by atoms with van der Waals surface area (Å²) in [5.41, 5.74) is 4.08. The molecule has 9 nitrogen and oxygen atoms in total. The number of aliphatic imine (C=N–C) groups is 1. The predicted octanol–water partition coefficient (Wildman–Crippen LogP) is 2.31. The number of carbonyl (C=O) groups excluding carboxylic acids is 1. The summed E-state index contributed by atoms with van der Waals surface area (Å²) in [4.78, 5) is 20.6. The van der Waals surface area contributed by atoms with Crippen LogP contribution >= 0.6 is 0 Å². The van der Waals surface area contributed by atoms with E-state index in [-0.39, 0.29) is 30.4 Å². The first-order valence-electron chi connectivity index (χ1n) is 9.79. The highest BCUT2D eigenvalue weighted by Crippen LogP contribution is 2.46. The third-order valence-corrected chi connectivity index (χ3v) is 8.15. The third-order valence-electron chi connectivity index (χ3n) is 5.78. The van der Waals surface area contributed by atoms with Crippen molar-refractivity contribution in [3.63, 3.8) is 0 Å². The van der Waals surface area contributed by atoms with Gasteiger partial charge in [-0.05, 0) is 37.3 Å². The first kappa shape index (κ1) is 22.8. The van der Waals surface area contributed by atoms with Gasteiger partial charge in [0.15, 0.2) is 0 Å². The highest BCUT2D eigenvalue weighted by molar-refractivity contribution is 7.90. The quantitative estimate of drug-likeness (QED) is 0.675. The second-order valence-corrected chi connectivity index (χ2v) is 10.00. The van der Waals surface area contributed by atoms with Crippen LogP contribution in [0.3, 0.4) is 0 Å². The molecular weight excluding hydrogens is 463 g/mol. The van der Waals surface area contributed by atoms with Gasteiger partial charge in [0, 0.05) is 30.9 Å². The van der Waals surface area contributed by atoms with Gasteiger partial charge < -0.3 is 15.8 Å². The van der Waals surface area contributed by atoms with Crippen LogP contribution in [-0.4, -0.2) is 48.5 Å². The van der Waals surface area contributed by atoms with Gasteiger partial charge >= 0.3 is 6.18 Å². The Morgan fingerprint density at radius 2 is 2.03 bits per heavy atom. The monoisotopic (exact) mass is 483 g/mol. The molecule has 0 spiro atoms. The molecule has 0 saturated carbocycles. The van der Waals surface area contributed by atoms with Crippen molar-refractivity contribution in [2.24, 2.45) is 10.7 Å². The summed E-state index contributed by atoms with van der Waals surface area (Å²) in [6.07, 6.45) is -3.82. The molecule has 1 amide bonds. The minimum atomic E-state index is -4.57. The lowest BCUT2D eigenvalue weighted by Gasteiger charge is -2.40. The fourth-order valence-electron chi connectivity index (χ4n) is 3.95. The first-order valence-corrected chi connectivity index (χ1v) is 11.3. The van der Waals surface area contributed by atoms with E-state index in [4.69, 9.17) is 10.5 Å². The second kappa shape index (κ2) is 7.61. The Kier molecular flexibility index (Phi) is 5.26.